The lowest BCUT2D eigenvalue weighted by Crippen LogP contribution is -2.61. The van der Waals surface area contributed by atoms with E-state index in [1.807, 2.05) is 20.8 Å². The van der Waals surface area contributed by atoms with Crippen LogP contribution >= 0.6 is 0 Å². The maximum atomic E-state index is 13.9. The summed E-state index contributed by atoms with van der Waals surface area (Å²) in [7, 11) is 0. The Morgan fingerprint density at radius 3 is 1.90 bits per heavy atom. The van der Waals surface area contributed by atoms with E-state index in [1.54, 1.807) is 41.5 Å². The van der Waals surface area contributed by atoms with Crippen molar-refractivity contribution in [3.8, 4) is 0 Å². The zero-order chi connectivity index (χ0) is 36.6. The summed E-state index contributed by atoms with van der Waals surface area (Å²) in [5, 5.41) is 66.4. The Bertz CT molecular complexity index is 1080. The molecule has 0 radical (unpaired) electrons. The fourth-order valence-electron chi connectivity index (χ4n) is 7.75. The second kappa shape index (κ2) is 16.0. The SMILES string of the molecule is CC[C@H]1OC(=O)[C@H](C)[C@@H](O[C@H]2C[C@@](C)(O)[C@@H](C)[C@H](C)O2)[C@H](C)[C@@H](O[C@@H]2O[C@H](C)[C@@H](O)[C@H](O)[C@H]2O)[C@](C)(O)C[C@@H](C)C(=O)[C@H](C)[C@@H](O)[C@H]1C. The Balaban J connectivity index is 2.14. The van der Waals surface area contributed by atoms with Gasteiger partial charge in [0.15, 0.2) is 12.6 Å². The molecule has 3 fully saturated rings. The molecule has 3 aliphatic heterocycles. The van der Waals surface area contributed by atoms with Crippen molar-refractivity contribution in [2.75, 3.05) is 0 Å². The van der Waals surface area contributed by atoms with Gasteiger partial charge in [-0.1, -0.05) is 41.5 Å². The number of aliphatic hydroxyl groups excluding tert-OH is 4. The molecule has 0 unspecified atom stereocenters. The van der Waals surface area contributed by atoms with Crippen LogP contribution in [0.4, 0.5) is 0 Å². The van der Waals surface area contributed by atoms with Crippen molar-refractivity contribution in [1.29, 1.82) is 0 Å². The number of hydrogen-bond acceptors (Lipinski definition) is 13. The van der Waals surface area contributed by atoms with E-state index in [2.05, 4.69) is 0 Å². The highest BCUT2D eigenvalue weighted by Crippen LogP contribution is 2.40. The highest BCUT2D eigenvalue weighted by Gasteiger charge is 2.52. The van der Waals surface area contributed by atoms with E-state index in [1.165, 1.54) is 13.8 Å². The molecule has 3 rings (SSSR count). The minimum atomic E-state index is -1.83. The van der Waals surface area contributed by atoms with Crippen LogP contribution in [0, 0.1) is 35.5 Å². The summed E-state index contributed by atoms with van der Waals surface area (Å²) >= 11 is 0. The maximum Gasteiger partial charge on any atom is 0.311 e. The molecule has 280 valence electrons. The predicted octanol–water partition coefficient (Wildman–Crippen LogP) is 1.69. The number of carbonyl (C=O) groups excluding carboxylic acids is 2. The third-order valence-electron chi connectivity index (χ3n) is 11.5. The van der Waals surface area contributed by atoms with E-state index in [9.17, 15) is 40.2 Å². The number of rotatable bonds is 5. The molecular weight excluding hydrogens is 628 g/mol. The minimum Gasteiger partial charge on any atom is -0.462 e. The molecule has 0 spiro atoms. The molecule has 13 nitrogen and oxygen atoms in total. The average Bonchev–Trinajstić information content (AvgIpc) is 3.01. The maximum absolute atomic E-state index is 13.9. The fraction of sp³-hybridized carbons (Fsp3) is 0.943. The second-order valence-electron chi connectivity index (χ2n) is 15.5. The lowest BCUT2D eigenvalue weighted by molar-refractivity contribution is -0.331. The van der Waals surface area contributed by atoms with Crippen molar-refractivity contribution in [3.63, 3.8) is 0 Å². The van der Waals surface area contributed by atoms with Gasteiger partial charge >= 0.3 is 5.97 Å². The van der Waals surface area contributed by atoms with Crippen molar-refractivity contribution in [2.24, 2.45) is 35.5 Å². The van der Waals surface area contributed by atoms with Crippen molar-refractivity contribution in [3.05, 3.63) is 0 Å². The topological polar surface area (TPSA) is 202 Å². The second-order valence-corrected chi connectivity index (χ2v) is 15.5. The smallest absolute Gasteiger partial charge is 0.311 e. The lowest BCUT2D eigenvalue weighted by Gasteiger charge is -2.48. The van der Waals surface area contributed by atoms with Crippen LogP contribution in [0.5, 0.6) is 0 Å². The Kier molecular flexibility index (Phi) is 13.7. The van der Waals surface area contributed by atoms with Crippen LogP contribution in [0.3, 0.4) is 0 Å². The molecule has 3 aliphatic rings. The Morgan fingerprint density at radius 2 is 1.33 bits per heavy atom. The molecular formula is C35H62O13. The van der Waals surface area contributed by atoms with Gasteiger partial charge in [0.05, 0.1) is 47.6 Å². The van der Waals surface area contributed by atoms with Crippen molar-refractivity contribution in [1.82, 2.24) is 0 Å². The van der Waals surface area contributed by atoms with Gasteiger partial charge in [-0.3, -0.25) is 9.59 Å². The number of ether oxygens (including phenoxy) is 5. The highest BCUT2D eigenvalue weighted by atomic mass is 16.7. The number of aliphatic hydroxyl groups is 6. The normalized spacial score (nSPS) is 52.0. The van der Waals surface area contributed by atoms with Crippen molar-refractivity contribution >= 4 is 11.8 Å². The van der Waals surface area contributed by atoms with Crippen LogP contribution in [0.15, 0.2) is 0 Å². The average molecular weight is 691 g/mol. The van der Waals surface area contributed by atoms with Gasteiger partial charge in [0.1, 0.15) is 30.2 Å². The van der Waals surface area contributed by atoms with E-state index >= 15 is 0 Å². The molecule has 0 aliphatic carbocycles. The summed E-state index contributed by atoms with van der Waals surface area (Å²) in [6.45, 7) is 18.5. The van der Waals surface area contributed by atoms with Crippen LogP contribution in [-0.2, 0) is 33.3 Å². The van der Waals surface area contributed by atoms with Gasteiger partial charge in [-0.25, -0.2) is 0 Å². The first-order chi connectivity index (χ1) is 22.0. The van der Waals surface area contributed by atoms with Gasteiger partial charge in [-0.05, 0) is 47.5 Å². The largest absolute Gasteiger partial charge is 0.462 e. The van der Waals surface area contributed by atoms with Gasteiger partial charge in [-0.2, -0.15) is 0 Å². The van der Waals surface area contributed by atoms with Gasteiger partial charge in [-0.15, -0.1) is 0 Å². The Morgan fingerprint density at radius 1 is 0.729 bits per heavy atom. The summed E-state index contributed by atoms with van der Waals surface area (Å²) < 4.78 is 30.7. The lowest BCUT2D eigenvalue weighted by atomic mass is 9.74. The van der Waals surface area contributed by atoms with Crippen LogP contribution in [0.1, 0.15) is 95.4 Å². The fourth-order valence-corrected chi connectivity index (χ4v) is 7.75. The van der Waals surface area contributed by atoms with E-state index in [4.69, 9.17) is 23.7 Å². The summed E-state index contributed by atoms with van der Waals surface area (Å²) in [5.74, 6) is -5.23. The molecule has 3 heterocycles. The van der Waals surface area contributed by atoms with Crippen LogP contribution in [-0.4, -0.2) is 121 Å². The first-order valence-electron chi connectivity index (χ1n) is 17.6. The minimum absolute atomic E-state index is 0.0850. The number of ketones is 1. The first-order valence-corrected chi connectivity index (χ1v) is 17.6. The van der Waals surface area contributed by atoms with E-state index in [0.29, 0.717) is 6.42 Å². The standard InChI is InChI=1S/C35H62O13/c1-12-23-16(3)26(37)17(4)25(36)15(2)13-35(11,43)31(48-33-29(40)28(39)27(38)22(9)45-33)18(5)30(19(6)32(41)46-23)47-24-14-34(10,42)20(7)21(8)44-24/h15-24,26-31,33,37-40,42-43H,12-14H2,1-11H3/t15-,16+,17+,18+,19-,20+,21+,22-,23-,24+,26+,27-,28+,29-,30+,31-,33+,34-,35-/m1/s1. The quantitative estimate of drug-likeness (QED) is 0.228. The highest BCUT2D eigenvalue weighted by molar-refractivity contribution is 5.83. The van der Waals surface area contributed by atoms with E-state index in [0.717, 1.165) is 0 Å². The Hall–Kier alpha value is -1.26. The molecule has 6 N–H and O–H groups in total. The number of cyclic esters (lactones) is 1. The molecule has 0 saturated carbocycles. The van der Waals surface area contributed by atoms with Crippen LogP contribution in [0.2, 0.25) is 0 Å². The van der Waals surface area contributed by atoms with Crippen LogP contribution < -0.4 is 0 Å². The molecule has 0 aromatic heterocycles. The van der Waals surface area contributed by atoms with Gasteiger partial charge in [0.2, 0.25) is 0 Å². The summed E-state index contributed by atoms with van der Waals surface area (Å²) in [5.41, 5.74) is -2.99. The number of hydrogen-bond donors (Lipinski definition) is 6. The summed E-state index contributed by atoms with van der Waals surface area (Å²) in [4.78, 5) is 27.6. The van der Waals surface area contributed by atoms with Crippen molar-refractivity contribution in [2.45, 2.75) is 174 Å². The molecule has 0 aromatic rings. The van der Waals surface area contributed by atoms with Gasteiger partial charge in [0.25, 0.3) is 0 Å². The monoisotopic (exact) mass is 690 g/mol. The zero-order valence-corrected chi connectivity index (χ0v) is 30.5. The molecule has 0 amide bonds. The summed E-state index contributed by atoms with van der Waals surface area (Å²) in [6, 6.07) is 0. The predicted molar refractivity (Wildman–Crippen MR) is 173 cm³/mol. The van der Waals surface area contributed by atoms with Crippen molar-refractivity contribution < 1.29 is 63.9 Å². The molecule has 48 heavy (non-hydrogen) atoms. The Labute approximate surface area is 285 Å². The first kappa shape index (κ1) is 41.2. The van der Waals surface area contributed by atoms with Gasteiger partial charge < -0.3 is 54.3 Å². The summed E-state index contributed by atoms with van der Waals surface area (Å²) in [6.07, 6.45) is -12.4. The van der Waals surface area contributed by atoms with E-state index < -0.39 is 114 Å². The number of Topliss-reactive ketones (excluding diaryl/α,β-unsaturated/α-hetero) is 1. The molecule has 0 bridgehead atoms. The van der Waals surface area contributed by atoms with Gasteiger partial charge in [0, 0.05) is 36.0 Å². The third kappa shape index (κ3) is 8.78. The molecule has 13 heteroatoms. The van der Waals surface area contributed by atoms with E-state index in [-0.39, 0.29) is 24.5 Å². The molecule has 3 saturated heterocycles. The van der Waals surface area contributed by atoms with Crippen LogP contribution in [0.25, 0.3) is 0 Å². The third-order valence-corrected chi connectivity index (χ3v) is 11.5. The zero-order valence-electron chi connectivity index (χ0n) is 30.5. The number of esters is 1. The molecule has 19 atom stereocenters. The number of carbonyl (C=O) groups is 2. The molecule has 0 aromatic carbocycles.